The van der Waals surface area contributed by atoms with Gasteiger partial charge in [-0.15, -0.1) is 0 Å². The lowest BCUT2D eigenvalue weighted by atomic mass is 9.95. The normalized spacial score (nSPS) is 27.4. The summed E-state index contributed by atoms with van der Waals surface area (Å²) in [6, 6.07) is -11.4. The van der Waals surface area contributed by atoms with Crippen molar-refractivity contribution in [2.45, 2.75) is 239 Å². The van der Waals surface area contributed by atoms with E-state index in [1.54, 1.807) is 53.4 Å². The van der Waals surface area contributed by atoms with E-state index in [0.29, 0.717) is 38.8 Å². The summed E-state index contributed by atoms with van der Waals surface area (Å²) in [7, 11) is 6.52. The van der Waals surface area contributed by atoms with Crippen LogP contribution < -0.4 is 26.6 Å². The lowest BCUT2D eigenvalue weighted by Gasteiger charge is -2.38. The van der Waals surface area contributed by atoms with Gasteiger partial charge in [-0.05, 0) is 119 Å². The molecule has 0 bridgehead atoms. The van der Waals surface area contributed by atoms with Crippen molar-refractivity contribution in [3.63, 3.8) is 0 Å². The average molecular weight is 1360 g/mol. The van der Waals surface area contributed by atoms with Crippen LogP contribution in [0.1, 0.15) is 165 Å². The number of nitrogens with one attached hydrogen (secondary N) is 5. The molecule has 0 aromatic heterocycles. The van der Waals surface area contributed by atoms with Crippen LogP contribution in [0.2, 0.25) is 0 Å². The number of halogens is 3. The third-order valence-electron chi connectivity index (χ3n) is 18.9. The zero-order valence-electron chi connectivity index (χ0n) is 59.6. The van der Waals surface area contributed by atoms with Crippen molar-refractivity contribution in [3.8, 4) is 0 Å². The quantitative estimate of drug-likeness (QED) is 0.165. The van der Waals surface area contributed by atoms with E-state index in [1.807, 2.05) is 20.8 Å². The number of hydrogen-bond acceptors (Lipinski definition) is 13. The molecule has 28 heteroatoms. The van der Waals surface area contributed by atoms with E-state index in [-0.39, 0.29) is 55.5 Å². The van der Waals surface area contributed by atoms with Crippen LogP contribution in [-0.2, 0) is 70.1 Å². The first kappa shape index (κ1) is 81.0. The fraction of sp³-hybridized carbons (Fsp3) is 0.735. The summed E-state index contributed by atoms with van der Waals surface area (Å²) in [5, 5.41) is 25.0. The highest BCUT2D eigenvalue weighted by molar-refractivity contribution is 6.00. The summed E-state index contributed by atoms with van der Waals surface area (Å²) >= 11 is 0. The number of amides is 12. The zero-order valence-corrected chi connectivity index (χ0v) is 59.6. The molecule has 3 aliphatic rings. The first-order valence-electron chi connectivity index (χ1n) is 33.9. The fourth-order valence-corrected chi connectivity index (χ4v) is 12.6. The Labute approximate surface area is 564 Å². The van der Waals surface area contributed by atoms with Gasteiger partial charge in [0.15, 0.2) is 0 Å². The third kappa shape index (κ3) is 21.3. The van der Waals surface area contributed by atoms with E-state index in [1.165, 1.54) is 60.9 Å². The molecule has 0 radical (unpaired) electrons. The Balaban J connectivity index is 1.93. The van der Waals surface area contributed by atoms with Gasteiger partial charge in [-0.1, -0.05) is 87.8 Å². The number of piperidine rings is 1. The SMILES string of the molecule is CC[C@H](C)[C@@H]1NC(=O)[C@H](C(C)C)N(C)C(=O)[C@H](C)N(C)C(=O)[C@H]([C@@H](C)O)NC(=O)[C@H](CC(C)C)N(C)C(=O)[C@H](Cc2ccc(C(F)(F)F)cc2)NC(=O)[C@H](CC(C)C)N(C)C(=O)[C@@H](C)N(C)C(=O)C[C@@H](C(=O)N2CCCCC2)NC(=O)[C@H](CC(C)C)NC(=O)[C@@H]2CCCN2C1=O. The van der Waals surface area contributed by atoms with Gasteiger partial charge in [0.25, 0.3) is 0 Å². The Kier molecular flexibility index (Phi) is 30.2. The minimum absolute atomic E-state index is 0.0224. The molecule has 0 unspecified atom stereocenters. The number of rotatable bonds is 13. The number of fused-ring (bicyclic) bond motifs is 1. The molecule has 12 amide bonds. The minimum atomic E-state index is -4.72. The van der Waals surface area contributed by atoms with Gasteiger partial charge < -0.3 is 66.0 Å². The molecule has 3 aliphatic heterocycles. The minimum Gasteiger partial charge on any atom is -0.391 e. The number of likely N-dealkylation sites (N-methyl/N-ethyl adjacent to an activating group) is 5. The molecule has 25 nitrogen and oxygen atoms in total. The molecular weight excluding hydrogens is 1250 g/mol. The molecule has 3 fully saturated rings. The number of aliphatic hydroxyl groups excluding tert-OH is 1. The molecular formula is C68H109F3N12O13. The molecule has 3 heterocycles. The maximum absolute atomic E-state index is 15.2. The molecule has 0 spiro atoms. The van der Waals surface area contributed by atoms with Gasteiger partial charge in [0.05, 0.1) is 18.1 Å². The van der Waals surface area contributed by atoms with E-state index < -0.39 is 180 Å². The van der Waals surface area contributed by atoms with Crippen molar-refractivity contribution in [1.29, 1.82) is 0 Å². The van der Waals surface area contributed by atoms with Crippen molar-refractivity contribution >= 4 is 70.9 Å². The molecule has 13 atom stereocenters. The Hall–Kier alpha value is -7.39. The fourth-order valence-electron chi connectivity index (χ4n) is 12.6. The Morgan fingerprint density at radius 3 is 1.55 bits per heavy atom. The number of benzene rings is 1. The van der Waals surface area contributed by atoms with Gasteiger partial charge in [-0.3, -0.25) is 57.5 Å². The predicted molar refractivity (Wildman–Crippen MR) is 353 cm³/mol. The topological polar surface area (TPSA) is 308 Å². The number of hydrogen-bond donors (Lipinski definition) is 6. The highest BCUT2D eigenvalue weighted by Crippen LogP contribution is 2.30. The molecule has 0 aliphatic carbocycles. The van der Waals surface area contributed by atoms with Crippen molar-refractivity contribution in [3.05, 3.63) is 35.4 Å². The van der Waals surface area contributed by atoms with Gasteiger partial charge in [0.2, 0.25) is 70.9 Å². The van der Waals surface area contributed by atoms with Crippen LogP contribution in [0, 0.1) is 29.6 Å². The second-order valence-corrected chi connectivity index (χ2v) is 28.2. The van der Waals surface area contributed by atoms with Gasteiger partial charge in [0.1, 0.15) is 66.5 Å². The number of nitrogens with zero attached hydrogens (tertiary/aromatic N) is 7. The summed E-state index contributed by atoms with van der Waals surface area (Å²) in [5.41, 5.74) is -0.834. The van der Waals surface area contributed by atoms with Crippen LogP contribution in [-0.4, -0.2) is 238 Å². The Bertz CT molecular complexity index is 2910. The standard InChI is InChI=1S/C68H109F3N12O13/c1-19-41(10)54-67(96)83-31-23-24-50(83)58(87)72-47(32-37(2)3)57(86)73-49(65(94)82-29-21-20-22-30-82)36-53(85)77(14)42(11)62(91)79(16)51(33-38(4)5)59(88)74-48(35-45-25-27-46(28-26-45)68(69,70)71)64(93)80(17)52(34-39(6)7)60(89)76-55(44(13)84)66(95)78(15)43(12)63(92)81(18)56(40(8)9)61(90)75-54/h25-28,37-44,47-52,54-56,84H,19-24,29-36H2,1-18H3,(H,72,87)(H,73,86)(H,74,88)(H,75,90)(H,76,89)/t41-,42+,43-,44+,47-,48-,49-,50-,51-,52-,54-,55-,56-/m0/s1. The summed E-state index contributed by atoms with van der Waals surface area (Å²) in [6.07, 6.45) is -4.33. The van der Waals surface area contributed by atoms with Crippen molar-refractivity contribution in [2.75, 3.05) is 54.9 Å². The number of carbonyl (C=O) groups excluding carboxylic acids is 12. The van der Waals surface area contributed by atoms with Crippen molar-refractivity contribution in [1.82, 2.24) is 60.9 Å². The van der Waals surface area contributed by atoms with Crippen LogP contribution in [0.5, 0.6) is 0 Å². The first-order chi connectivity index (χ1) is 44.7. The third-order valence-corrected chi connectivity index (χ3v) is 18.9. The summed E-state index contributed by atoms with van der Waals surface area (Å²) in [4.78, 5) is 185. The van der Waals surface area contributed by atoms with Crippen LogP contribution >= 0.6 is 0 Å². The molecule has 1 aromatic rings. The van der Waals surface area contributed by atoms with Crippen molar-refractivity contribution < 1.29 is 75.8 Å². The molecule has 6 N–H and O–H groups in total. The number of alkyl halides is 3. The van der Waals surface area contributed by atoms with Gasteiger partial charge in [-0.25, -0.2) is 0 Å². The van der Waals surface area contributed by atoms with Gasteiger partial charge >= 0.3 is 6.18 Å². The molecule has 0 saturated carbocycles. The highest BCUT2D eigenvalue weighted by atomic mass is 19.4. The van der Waals surface area contributed by atoms with Crippen molar-refractivity contribution in [2.24, 2.45) is 29.6 Å². The Morgan fingerprint density at radius 2 is 1.04 bits per heavy atom. The number of likely N-dealkylation sites (tertiary alicyclic amines) is 1. The summed E-state index contributed by atoms with van der Waals surface area (Å²) < 4.78 is 41.5. The number of carbonyl (C=O) groups is 12. The maximum Gasteiger partial charge on any atom is 0.416 e. The smallest absolute Gasteiger partial charge is 0.391 e. The van der Waals surface area contributed by atoms with E-state index >= 15 is 4.79 Å². The van der Waals surface area contributed by atoms with Crippen LogP contribution in [0.15, 0.2) is 24.3 Å². The highest BCUT2D eigenvalue weighted by Gasteiger charge is 2.46. The molecule has 3 saturated heterocycles. The predicted octanol–water partition coefficient (Wildman–Crippen LogP) is 3.48. The average Bonchev–Trinajstić information content (AvgIpc) is 1.03. The maximum atomic E-state index is 15.2. The Morgan fingerprint density at radius 1 is 0.542 bits per heavy atom. The molecule has 1 aromatic carbocycles. The first-order valence-corrected chi connectivity index (χ1v) is 33.9. The van der Waals surface area contributed by atoms with E-state index in [4.69, 9.17) is 0 Å². The van der Waals surface area contributed by atoms with E-state index in [0.717, 1.165) is 55.2 Å². The van der Waals surface area contributed by atoms with E-state index in [2.05, 4.69) is 26.6 Å². The van der Waals surface area contributed by atoms with Crippen LogP contribution in [0.25, 0.3) is 0 Å². The lowest BCUT2D eigenvalue weighted by Crippen LogP contribution is -2.63. The van der Waals surface area contributed by atoms with E-state index in [9.17, 15) is 71.0 Å². The molecule has 4 rings (SSSR count). The summed E-state index contributed by atoms with van der Waals surface area (Å²) in [5.74, 6) is -11.3. The van der Waals surface area contributed by atoms with Crippen LogP contribution in [0.4, 0.5) is 13.2 Å². The molecule has 540 valence electrons. The number of aliphatic hydroxyl groups is 1. The lowest BCUT2D eigenvalue weighted by molar-refractivity contribution is -0.151. The second kappa shape index (κ2) is 35.7. The second-order valence-electron chi connectivity index (χ2n) is 28.2. The zero-order chi connectivity index (χ0) is 72.7. The monoisotopic (exact) mass is 1360 g/mol. The molecule has 96 heavy (non-hydrogen) atoms. The van der Waals surface area contributed by atoms with Gasteiger partial charge in [0, 0.05) is 61.3 Å². The van der Waals surface area contributed by atoms with Crippen LogP contribution in [0.3, 0.4) is 0 Å². The van der Waals surface area contributed by atoms with Gasteiger partial charge in [-0.2, -0.15) is 13.2 Å². The summed E-state index contributed by atoms with van der Waals surface area (Å²) in [6.45, 7) is 22.4. The largest absolute Gasteiger partial charge is 0.416 e.